The quantitative estimate of drug-likeness (QED) is 0.481. The van der Waals surface area contributed by atoms with E-state index in [4.69, 9.17) is 5.11 Å². The summed E-state index contributed by atoms with van der Waals surface area (Å²) >= 11 is 0. The number of hydrogen-bond donors (Lipinski definition) is 4. The molecule has 1 atom stereocenters. The maximum atomic E-state index is 13.4. The Labute approximate surface area is 168 Å². The number of pyridine rings is 1. The van der Waals surface area contributed by atoms with Crippen LogP contribution in [0.1, 0.15) is 35.7 Å². The van der Waals surface area contributed by atoms with Gasteiger partial charge < -0.3 is 21.1 Å². The van der Waals surface area contributed by atoms with Crippen molar-refractivity contribution in [2.24, 2.45) is 0 Å². The fraction of sp³-hybridized carbons (Fsp3) is 0.381. The van der Waals surface area contributed by atoms with Gasteiger partial charge in [0.15, 0.2) is 0 Å². The van der Waals surface area contributed by atoms with Crippen LogP contribution in [0.15, 0.2) is 36.4 Å². The lowest BCUT2D eigenvalue weighted by atomic mass is 10.0. The average Bonchev–Trinajstić information content (AvgIpc) is 2.70. The molecule has 1 aliphatic heterocycles. The number of nitrogens with zero attached hydrogens (tertiary/aromatic N) is 1. The SMILES string of the molecule is O=C(O)CC(NC(=O)CNCCc1ccc2c(n1)NCCC2)c1cccc(F)c1. The van der Waals surface area contributed by atoms with Crippen molar-refractivity contribution in [3.8, 4) is 0 Å². The van der Waals surface area contributed by atoms with Crippen molar-refractivity contribution in [2.75, 3.05) is 25.0 Å². The van der Waals surface area contributed by atoms with Gasteiger partial charge in [0, 0.05) is 25.2 Å². The first-order valence-corrected chi connectivity index (χ1v) is 9.71. The van der Waals surface area contributed by atoms with Gasteiger partial charge in [0.1, 0.15) is 11.6 Å². The Balaban J connectivity index is 1.47. The second kappa shape index (κ2) is 9.97. The molecular weight excluding hydrogens is 375 g/mol. The molecule has 0 bridgehead atoms. The molecule has 2 heterocycles. The number of carbonyl (C=O) groups is 2. The number of aromatic nitrogens is 1. The third kappa shape index (κ3) is 6.25. The smallest absolute Gasteiger partial charge is 0.305 e. The predicted molar refractivity (Wildman–Crippen MR) is 107 cm³/mol. The molecule has 0 aliphatic carbocycles. The molecule has 1 unspecified atom stereocenters. The zero-order valence-electron chi connectivity index (χ0n) is 16.1. The van der Waals surface area contributed by atoms with Crippen molar-refractivity contribution < 1.29 is 19.1 Å². The Morgan fingerprint density at radius 2 is 2.14 bits per heavy atom. The maximum absolute atomic E-state index is 13.4. The highest BCUT2D eigenvalue weighted by atomic mass is 19.1. The molecule has 0 saturated heterocycles. The van der Waals surface area contributed by atoms with Crippen LogP contribution in [-0.4, -0.2) is 41.6 Å². The topological polar surface area (TPSA) is 103 Å². The van der Waals surface area contributed by atoms with E-state index in [1.54, 1.807) is 6.07 Å². The number of nitrogens with one attached hydrogen (secondary N) is 3. The first-order valence-electron chi connectivity index (χ1n) is 9.71. The molecule has 8 heteroatoms. The van der Waals surface area contributed by atoms with E-state index >= 15 is 0 Å². The molecule has 1 aliphatic rings. The molecule has 3 rings (SSSR count). The van der Waals surface area contributed by atoms with Gasteiger partial charge in [-0.3, -0.25) is 9.59 Å². The molecule has 1 aromatic carbocycles. The van der Waals surface area contributed by atoms with E-state index < -0.39 is 17.8 Å². The van der Waals surface area contributed by atoms with Gasteiger partial charge in [-0.1, -0.05) is 18.2 Å². The number of hydrogen-bond acceptors (Lipinski definition) is 5. The summed E-state index contributed by atoms with van der Waals surface area (Å²) in [6, 6.07) is 8.90. The molecule has 29 heavy (non-hydrogen) atoms. The van der Waals surface area contributed by atoms with Crippen molar-refractivity contribution >= 4 is 17.7 Å². The van der Waals surface area contributed by atoms with Crippen LogP contribution in [0.25, 0.3) is 0 Å². The zero-order chi connectivity index (χ0) is 20.6. The van der Waals surface area contributed by atoms with Crippen molar-refractivity contribution in [1.29, 1.82) is 0 Å². The summed E-state index contributed by atoms with van der Waals surface area (Å²) in [5, 5.41) is 18.1. The number of carbonyl (C=O) groups excluding carboxylic acids is 1. The highest BCUT2D eigenvalue weighted by Crippen LogP contribution is 2.20. The Hall–Kier alpha value is -3.00. The number of benzene rings is 1. The van der Waals surface area contributed by atoms with Gasteiger partial charge in [-0.15, -0.1) is 0 Å². The fourth-order valence-corrected chi connectivity index (χ4v) is 3.32. The minimum absolute atomic E-state index is 0.0363. The monoisotopic (exact) mass is 400 g/mol. The van der Waals surface area contributed by atoms with Gasteiger partial charge in [0.25, 0.3) is 0 Å². The molecule has 7 nitrogen and oxygen atoms in total. The molecule has 1 amide bonds. The van der Waals surface area contributed by atoms with Gasteiger partial charge in [-0.05, 0) is 42.2 Å². The Morgan fingerprint density at radius 1 is 1.28 bits per heavy atom. The van der Waals surface area contributed by atoms with Crippen LogP contribution in [0.4, 0.5) is 10.2 Å². The number of aliphatic carboxylic acids is 1. The van der Waals surface area contributed by atoms with Gasteiger partial charge >= 0.3 is 5.97 Å². The first-order chi connectivity index (χ1) is 14.0. The van der Waals surface area contributed by atoms with E-state index in [-0.39, 0.29) is 18.9 Å². The molecule has 0 radical (unpaired) electrons. The zero-order valence-corrected chi connectivity index (χ0v) is 16.1. The summed E-state index contributed by atoms with van der Waals surface area (Å²) < 4.78 is 13.4. The lowest BCUT2D eigenvalue weighted by molar-refractivity contribution is -0.137. The van der Waals surface area contributed by atoms with Crippen LogP contribution in [0, 0.1) is 5.82 Å². The second-order valence-corrected chi connectivity index (χ2v) is 7.04. The molecule has 154 valence electrons. The minimum Gasteiger partial charge on any atom is -0.481 e. The van der Waals surface area contributed by atoms with E-state index in [0.717, 1.165) is 30.9 Å². The van der Waals surface area contributed by atoms with Crippen molar-refractivity contribution in [3.05, 3.63) is 59.0 Å². The van der Waals surface area contributed by atoms with Crippen LogP contribution in [0.5, 0.6) is 0 Å². The average molecular weight is 400 g/mol. The van der Waals surface area contributed by atoms with Crippen LogP contribution >= 0.6 is 0 Å². The Morgan fingerprint density at radius 3 is 2.93 bits per heavy atom. The highest BCUT2D eigenvalue weighted by Gasteiger charge is 2.18. The summed E-state index contributed by atoms with van der Waals surface area (Å²) in [4.78, 5) is 27.9. The Kier molecular flexibility index (Phi) is 7.13. The van der Waals surface area contributed by atoms with E-state index in [9.17, 15) is 14.0 Å². The Bertz CT molecular complexity index is 875. The van der Waals surface area contributed by atoms with E-state index in [1.165, 1.54) is 23.8 Å². The van der Waals surface area contributed by atoms with Crippen molar-refractivity contribution in [2.45, 2.75) is 31.7 Å². The molecule has 0 spiro atoms. The van der Waals surface area contributed by atoms with Gasteiger partial charge in [0.05, 0.1) is 19.0 Å². The normalized spacial score (nSPS) is 13.8. The summed E-state index contributed by atoms with van der Waals surface area (Å²) in [6.45, 7) is 1.53. The van der Waals surface area contributed by atoms with Crippen LogP contribution in [-0.2, 0) is 22.4 Å². The van der Waals surface area contributed by atoms with E-state index in [2.05, 4.69) is 27.0 Å². The number of aryl methyl sites for hydroxylation is 1. The van der Waals surface area contributed by atoms with E-state index in [0.29, 0.717) is 18.5 Å². The van der Waals surface area contributed by atoms with Crippen LogP contribution in [0.3, 0.4) is 0 Å². The third-order valence-electron chi connectivity index (χ3n) is 4.76. The molecule has 4 N–H and O–H groups in total. The predicted octanol–water partition coefficient (Wildman–Crippen LogP) is 2.04. The maximum Gasteiger partial charge on any atom is 0.305 e. The number of fused-ring (bicyclic) bond motifs is 1. The van der Waals surface area contributed by atoms with Gasteiger partial charge in [0.2, 0.25) is 5.91 Å². The largest absolute Gasteiger partial charge is 0.481 e. The number of carboxylic acid groups (broad SMARTS) is 1. The van der Waals surface area contributed by atoms with Crippen molar-refractivity contribution in [1.82, 2.24) is 15.6 Å². The summed E-state index contributed by atoms with van der Waals surface area (Å²) in [6.07, 6.45) is 2.51. The molecule has 0 saturated carbocycles. The van der Waals surface area contributed by atoms with Crippen LogP contribution in [0.2, 0.25) is 0 Å². The molecule has 1 aromatic heterocycles. The summed E-state index contributed by atoms with van der Waals surface area (Å²) in [5.41, 5.74) is 2.59. The third-order valence-corrected chi connectivity index (χ3v) is 4.76. The number of carboxylic acids is 1. The minimum atomic E-state index is -1.07. The van der Waals surface area contributed by atoms with Gasteiger partial charge in [-0.2, -0.15) is 0 Å². The number of rotatable bonds is 9. The fourth-order valence-electron chi connectivity index (χ4n) is 3.32. The lowest BCUT2D eigenvalue weighted by Crippen LogP contribution is -2.37. The highest BCUT2D eigenvalue weighted by molar-refractivity contribution is 5.79. The molecule has 0 fully saturated rings. The number of anilines is 1. The lowest BCUT2D eigenvalue weighted by Gasteiger charge is -2.18. The first kappa shape index (κ1) is 20.7. The van der Waals surface area contributed by atoms with E-state index in [1.807, 2.05) is 6.07 Å². The molecule has 2 aromatic rings. The van der Waals surface area contributed by atoms with Crippen molar-refractivity contribution in [3.63, 3.8) is 0 Å². The standard InChI is InChI=1S/C21H25FN4O3/c22-16-5-1-3-15(11-16)18(12-20(28)29)26-19(27)13-23-10-8-17-7-6-14-4-2-9-24-21(14)25-17/h1,3,5-7,11,18,23H,2,4,8-10,12-13H2,(H,24,25)(H,26,27)(H,28,29). The second-order valence-electron chi connectivity index (χ2n) is 7.04. The van der Waals surface area contributed by atoms with Gasteiger partial charge in [-0.25, -0.2) is 9.37 Å². The molecular formula is C21H25FN4O3. The number of halogens is 1. The number of amides is 1. The summed E-state index contributed by atoms with van der Waals surface area (Å²) in [7, 11) is 0. The summed E-state index contributed by atoms with van der Waals surface area (Å²) in [5.74, 6) is -0.949. The van der Waals surface area contributed by atoms with Crippen LogP contribution < -0.4 is 16.0 Å².